The second-order valence-corrected chi connectivity index (χ2v) is 5.78. The molecular formula is C19H21N3O3. The van der Waals surface area contributed by atoms with Crippen LogP contribution in [-0.2, 0) is 16.0 Å². The number of nitrogens with zero attached hydrogens (tertiary/aromatic N) is 2. The highest BCUT2D eigenvalue weighted by Crippen LogP contribution is 2.11. The highest BCUT2D eigenvalue weighted by atomic mass is 16.2. The molecular weight excluding hydrogens is 318 g/mol. The summed E-state index contributed by atoms with van der Waals surface area (Å²) in [6, 6.07) is 10.4. The number of pyridine rings is 1. The van der Waals surface area contributed by atoms with Crippen molar-refractivity contribution in [3.05, 3.63) is 59.9 Å². The third-order valence-electron chi connectivity index (χ3n) is 3.78. The molecule has 0 saturated heterocycles. The Bertz CT molecular complexity index is 760. The number of nitrogens with one attached hydrogen (secondary N) is 1. The second-order valence-electron chi connectivity index (χ2n) is 5.78. The average Bonchev–Trinajstić information content (AvgIpc) is 2.60. The molecule has 0 fully saturated rings. The van der Waals surface area contributed by atoms with Gasteiger partial charge < -0.3 is 10.2 Å². The maximum Gasteiger partial charge on any atom is 0.233 e. The summed E-state index contributed by atoms with van der Waals surface area (Å²) in [6.45, 7) is 1.98. The van der Waals surface area contributed by atoms with Gasteiger partial charge in [0.25, 0.3) is 0 Å². The lowest BCUT2D eigenvalue weighted by atomic mass is 10.1. The molecule has 25 heavy (non-hydrogen) atoms. The summed E-state index contributed by atoms with van der Waals surface area (Å²) in [4.78, 5) is 41.0. The Kier molecular flexibility index (Phi) is 6.39. The zero-order chi connectivity index (χ0) is 18.2. The van der Waals surface area contributed by atoms with Gasteiger partial charge in [-0.05, 0) is 43.2 Å². The lowest BCUT2D eigenvalue weighted by Gasteiger charge is -2.17. The minimum atomic E-state index is -0.401. The first kappa shape index (κ1) is 18.3. The Morgan fingerprint density at radius 3 is 2.52 bits per heavy atom. The maximum atomic E-state index is 12.1. The van der Waals surface area contributed by atoms with Crippen LogP contribution in [0.2, 0.25) is 0 Å². The summed E-state index contributed by atoms with van der Waals surface area (Å²) in [5, 5.41) is 2.65. The first-order valence-corrected chi connectivity index (χ1v) is 7.99. The van der Waals surface area contributed by atoms with Crippen molar-refractivity contribution < 1.29 is 14.4 Å². The fourth-order valence-corrected chi connectivity index (χ4v) is 2.26. The van der Waals surface area contributed by atoms with Gasteiger partial charge in [0.2, 0.25) is 11.8 Å². The average molecular weight is 339 g/mol. The Morgan fingerprint density at radius 2 is 1.84 bits per heavy atom. The lowest BCUT2D eigenvalue weighted by molar-refractivity contribution is -0.133. The van der Waals surface area contributed by atoms with Crippen LogP contribution in [0.4, 0.5) is 5.69 Å². The summed E-state index contributed by atoms with van der Waals surface area (Å²) < 4.78 is 0. The smallest absolute Gasteiger partial charge is 0.233 e. The van der Waals surface area contributed by atoms with E-state index in [1.165, 1.54) is 11.8 Å². The van der Waals surface area contributed by atoms with Gasteiger partial charge in [-0.3, -0.25) is 19.4 Å². The van der Waals surface area contributed by atoms with Gasteiger partial charge in [0, 0.05) is 37.2 Å². The largest absolute Gasteiger partial charge is 0.345 e. The molecule has 0 aliphatic carbocycles. The monoisotopic (exact) mass is 339 g/mol. The Balaban J connectivity index is 1.84. The van der Waals surface area contributed by atoms with Crippen molar-refractivity contribution >= 4 is 23.3 Å². The molecule has 1 N–H and O–H groups in total. The second kappa shape index (κ2) is 8.73. The number of hydrogen-bond acceptors (Lipinski definition) is 4. The minimum Gasteiger partial charge on any atom is -0.345 e. The normalized spacial score (nSPS) is 10.2. The van der Waals surface area contributed by atoms with Crippen LogP contribution >= 0.6 is 0 Å². The first-order valence-electron chi connectivity index (χ1n) is 7.99. The zero-order valence-electron chi connectivity index (χ0n) is 14.4. The number of benzene rings is 1. The van der Waals surface area contributed by atoms with Gasteiger partial charge in [-0.15, -0.1) is 0 Å². The molecule has 0 aliphatic heterocycles. The van der Waals surface area contributed by atoms with Gasteiger partial charge >= 0.3 is 0 Å². The summed E-state index contributed by atoms with van der Waals surface area (Å²) in [5.74, 6) is -0.737. The van der Waals surface area contributed by atoms with E-state index in [0.717, 1.165) is 5.56 Å². The number of Topliss-reactive ketones (excluding diaryl/α,β-unsaturated/α-hetero) is 1. The van der Waals surface area contributed by atoms with E-state index in [-0.39, 0.29) is 18.1 Å². The van der Waals surface area contributed by atoms with Gasteiger partial charge in [0.05, 0.1) is 0 Å². The van der Waals surface area contributed by atoms with Crippen LogP contribution in [0, 0.1) is 0 Å². The van der Waals surface area contributed by atoms with Crippen LogP contribution in [0.3, 0.4) is 0 Å². The molecule has 2 amide bonds. The van der Waals surface area contributed by atoms with E-state index in [0.29, 0.717) is 24.2 Å². The first-order chi connectivity index (χ1) is 12.0. The van der Waals surface area contributed by atoms with Crippen molar-refractivity contribution in [1.29, 1.82) is 0 Å². The molecule has 1 aromatic carbocycles. The number of aromatic nitrogens is 1. The van der Waals surface area contributed by atoms with Crippen molar-refractivity contribution in [3.8, 4) is 0 Å². The Labute approximate surface area is 146 Å². The zero-order valence-corrected chi connectivity index (χ0v) is 14.4. The fraction of sp³-hybridized carbons (Fsp3) is 0.263. The van der Waals surface area contributed by atoms with E-state index in [1.54, 1.807) is 43.7 Å². The van der Waals surface area contributed by atoms with Gasteiger partial charge in [-0.1, -0.05) is 12.1 Å². The number of ketones is 1. The number of rotatable bonds is 7. The molecule has 0 radical (unpaired) electrons. The molecule has 0 atom stereocenters. The van der Waals surface area contributed by atoms with Crippen molar-refractivity contribution in [1.82, 2.24) is 9.88 Å². The molecule has 6 nitrogen and oxygen atoms in total. The van der Waals surface area contributed by atoms with Gasteiger partial charge in [0.15, 0.2) is 5.78 Å². The molecule has 0 saturated carbocycles. The molecule has 1 heterocycles. The van der Waals surface area contributed by atoms with Crippen LogP contribution in [0.25, 0.3) is 0 Å². The fourth-order valence-electron chi connectivity index (χ4n) is 2.26. The van der Waals surface area contributed by atoms with E-state index >= 15 is 0 Å². The van der Waals surface area contributed by atoms with Crippen molar-refractivity contribution in [3.63, 3.8) is 0 Å². The number of likely N-dealkylation sites (N-methyl/N-ethyl adjacent to an activating group) is 1. The Morgan fingerprint density at radius 1 is 1.12 bits per heavy atom. The topological polar surface area (TPSA) is 79.4 Å². The van der Waals surface area contributed by atoms with Crippen molar-refractivity contribution in [2.45, 2.75) is 19.8 Å². The molecule has 130 valence electrons. The van der Waals surface area contributed by atoms with E-state index in [2.05, 4.69) is 10.3 Å². The number of carbonyl (C=O) groups is 3. The van der Waals surface area contributed by atoms with Crippen LogP contribution in [0.5, 0.6) is 0 Å². The molecule has 0 bridgehead atoms. The molecule has 0 spiro atoms. The van der Waals surface area contributed by atoms with Gasteiger partial charge in [-0.2, -0.15) is 0 Å². The van der Waals surface area contributed by atoms with E-state index < -0.39 is 5.91 Å². The molecule has 2 rings (SSSR count). The van der Waals surface area contributed by atoms with Crippen molar-refractivity contribution in [2.24, 2.45) is 0 Å². The molecule has 0 aliphatic rings. The summed E-state index contributed by atoms with van der Waals surface area (Å²) >= 11 is 0. The van der Waals surface area contributed by atoms with E-state index in [1.807, 2.05) is 12.1 Å². The minimum absolute atomic E-state index is 0.0805. The van der Waals surface area contributed by atoms with Gasteiger partial charge in [0.1, 0.15) is 6.42 Å². The highest BCUT2D eigenvalue weighted by molar-refractivity contribution is 6.04. The molecule has 6 heteroatoms. The molecule has 2 aromatic rings. The lowest BCUT2D eigenvalue weighted by Crippen LogP contribution is -2.32. The third kappa shape index (κ3) is 5.84. The highest BCUT2D eigenvalue weighted by Gasteiger charge is 2.14. The number of hydrogen-bond donors (Lipinski definition) is 1. The molecule has 0 unspecified atom stereocenters. The van der Waals surface area contributed by atoms with Crippen LogP contribution < -0.4 is 5.32 Å². The van der Waals surface area contributed by atoms with Crippen LogP contribution in [-0.4, -0.2) is 41.1 Å². The maximum absolute atomic E-state index is 12.1. The number of carbonyl (C=O) groups excluding carboxylic acids is 3. The molecule has 1 aromatic heterocycles. The predicted molar refractivity (Wildman–Crippen MR) is 95.3 cm³/mol. The van der Waals surface area contributed by atoms with Crippen LogP contribution in [0.1, 0.15) is 29.3 Å². The standard InChI is InChI=1S/C19H21N3O3/c1-14(23)16-4-3-5-17(12-16)21-18(24)13-19(25)22(2)11-8-15-6-9-20-10-7-15/h3-7,9-10,12H,8,11,13H2,1-2H3,(H,21,24). The predicted octanol–water partition coefficient (Wildman–Crippen LogP) is 2.31. The van der Waals surface area contributed by atoms with Crippen LogP contribution in [0.15, 0.2) is 48.8 Å². The van der Waals surface area contributed by atoms with Gasteiger partial charge in [-0.25, -0.2) is 0 Å². The Hall–Kier alpha value is -3.02. The summed E-state index contributed by atoms with van der Waals surface area (Å²) in [5.41, 5.74) is 2.10. The SMILES string of the molecule is CC(=O)c1cccc(NC(=O)CC(=O)N(C)CCc2ccncc2)c1. The third-order valence-corrected chi connectivity index (χ3v) is 3.78. The number of anilines is 1. The van der Waals surface area contributed by atoms with E-state index in [4.69, 9.17) is 0 Å². The van der Waals surface area contributed by atoms with E-state index in [9.17, 15) is 14.4 Å². The summed E-state index contributed by atoms with van der Waals surface area (Å²) in [6.07, 6.45) is 3.88. The number of amides is 2. The van der Waals surface area contributed by atoms with Crippen molar-refractivity contribution in [2.75, 3.05) is 18.9 Å². The quantitative estimate of drug-likeness (QED) is 0.620. The summed E-state index contributed by atoms with van der Waals surface area (Å²) in [7, 11) is 1.67.